The number of rotatable bonds is 6. The van der Waals surface area contributed by atoms with Crippen LogP contribution in [0.25, 0.3) is 0 Å². The molecule has 0 radical (unpaired) electrons. The van der Waals surface area contributed by atoms with E-state index in [4.69, 9.17) is 23.2 Å². The molecule has 1 atom stereocenters. The van der Waals surface area contributed by atoms with Gasteiger partial charge in [0.15, 0.2) is 0 Å². The van der Waals surface area contributed by atoms with Crippen molar-refractivity contribution in [2.75, 3.05) is 0 Å². The van der Waals surface area contributed by atoms with Gasteiger partial charge in [0.05, 0.1) is 0 Å². The number of nitrogens with one attached hydrogen (secondary N) is 1. The Kier molecular flexibility index (Phi) is 7.17. The maximum Gasteiger partial charge on any atom is 0.242 e. The lowest BCUT2D eigenvalue weighted by Crippen LogP contribution is -2.49. The van der Waals surface area contributed by atoms with E-state index in [1.54, 1.807) is 32.0 Å². The molecule has 1 aromatic carbocycles. The highest BCUT2D eigenvalue weighted by molar-refractivity contribution is 6.36. The Morgan fingerprint density at radius 2 is 1.73 bits per heavy atom. The second kappa shape index (κ2) is 8.39. The predicted molar refractivity (Wildman–Crippen MR) is 90.0 cm³/mol. The summed E-state index contributed by atoms with van der Waals surface area (Å²) < 4.78 is 0. The van der Waals surface area contributed by atoms with Crippen molar-refractivity contribution in [3.63, 3.8) is 0 Å². The van der Waals surface area contributed by atoms with Crippen molar-refractivity contribution in [1.29, 1.82) is 0 Å². The molecule has 0 spiro atoms. The Morgan fingerprint density at radius 1 is 1.18 bits per heavy atom. The van der Waals surface area contributed by atoms with E-state index in [0.717, 1.165) is 0 Å². The summed E-state index contributed by atoms with van der Waals surface area (Å²) in [6.45, 7) is 7.42. The monoisotopic (exact) mass is 344 g/mol. The molecule has 0 aliphatic carbocycles. The van der Waals surface area contributed by atoms with Gasteiger partial charge < -0.3 is 10.2 Å². The summed E-state index contributed by atoms with van der Waals surface area (Å²) in [6.07, 6.45) is 0.307. The van der Waals surface area contributed by atoms with Crippen molar-refractivity contribution in [3.05, 3.63) is 33.8 Å². The van der Waals surface area contributed by atoms with E-state index in [9.17, 15) is 9.59 Å². The quantitative estimate of drug-likeness (QED) is 0.856. The SMILES string of the molecule is CCC(=O)N(Cc1c(Cl)cccc1Cl)[C@@H](C)C(=O)NC(C)C. The van der Waals surface area contributed by atoms with Crippen LogP contribution in [0, 0.1) is 0 Å². The molecule has 0 bridgehead atoms. The maximum atomic E-state index is 12.2. The second-order valence-electron chi connectivity index (χ2n) is 5.41. The molecule has 6 heteroatoms. The summed E-state index contributed by atoms with van der Waals surface area (Å²) in [6, 6.07) is 4.60. The maximum absolute atomic E-state index is 12.2. The normalized spacial score (nSPS) is 12.1. The molecule has 22 heavy (non-hydrogen) atoms. The van der Waals surface area contributed by atoms with E-state index in [-0.39, 0.29) is 24.4 Å². The van der Waals surface area contributed by atoms with E-state index in [1.807, 2.05) is 13.8 Å². The average molecular weight is 345 g/mol. The van der Waals surface area contributed by atoms with Gasteiger partial charge in [-0.05, 0) is 32.9 Å². The van der Waals surface area contributed by atoms with Crippen LogP contribution in [-0.2, 0) is 16.1 Å². The van der Waals surface area contributed by atoms with Crippen molar-refractivity contribution in [2.24, 2.45) is 0 Å². The lowest BCUT2D eigenvalue weighted by atomic mass is 10.1. The van der Waals surface area contributed by atoms with E-state index in [0.29, 0.717) is 22.0 Å². The molecule has 122 valence electrons. The standard InChI is InChI=1S/C16H22Cl2N2O2/c1-5-15(21)20(11(4)16(22)19-10(2)3)9-12-13(17)7-6-8-14(12)18/h6-8,10-11H,5,9H2,1-4H3,(H,19,22)/t11-/m0/s1. The highest BCUT2D eigenvalue weighted by atomic mass is 35.5. The van der Waals surface area contributed by atoms with E-state index >= 15 is 0 Å². The fraction of sp³-hybridized carbons (Fsp3) is 0.500. The topological polar surface area (TPSA) is 49.4 Å². The zero-order valence-corrected chi connectivity index (χ0v) is 14.8. The number of halogens is 2. The molecule has 0 saturated heterocycles. The lowest BCUT2D eigenvalue weighted by molar-refractivity contribution is -0.140. The molecule has 0 aliphatic heterocycles. The van der Waals surface area contributed by atoms with Crippen LogP contribution in [0.3, 0.4) is 0 Å². The van der Waals surface area contributed by atoms with Crippen LogP contribution in [0.2, 0.25) is 10.0 Å². The van der Waals surface area contributed by atoms with Crippen LogP contribution in [0.1, 0.15) is 39.7 Å². The number of hydrogen-bond acceptors (Lipinski definition) is 2. The summed E-state index contributed by atoms with van der Waals surface area (Å²) in [5.74, 6) is -0.317. The Labute approximate surface area is 141 Å². The van der Waals surface area contributed by atoms with Gasteiger partial charge in [0.2, 0.25) is 11.8 Å². The number of nitrogens with zero attached hydrogens (tertiary/aromatic N) is 1. The number of benzene rings is 1. The Hall–Kier alpha value is -1.26. The van der Waals surface area contributed by atoms with Gasteiger partial charge in [0, 0.05) is 34.6 Å². The molecule has 1 aromatic rings. The van der Waals surface area contributed by atoms with Gasteiger partial charge in [0.1, 0.15) is 6.04 Å². The van der Waals surface area contributed by atoms with E-state index < -0.39 is 6.04 Å². The molecular weight excluding hydrogens is 323 g/mol. The predicted octanol–water partition coefficient (Wildman–Crippen LogP) is 3.65. The molecule has 1 rings (SSSR count). The molecule has 0 unspecified atom stereocenters. The molecule has 2 amide bonds. The second-order valence-corrected chi connectivity index (χ2v) is 6.23. The van der Waals surface area contributed by atoms with Gasteiger partial charge in [0.25, 0.3) is 0 Å². The fourth-order valence-electron chi connectivity index (χ4n) is 2.04. The Morgan fingerprint density at radius 3 is 2.18 bits per heavy atom. The zero-order chi connectivity index (χ0) is 16.9. The van der Waals surface area contributed by atoms with Crippen LogP contribution >= 0.6 is 23.2 Å². The molecular formula is C16H22Cl2N2O2. The molecule has 0 fully saturated rings. The smallest absolute Gasteiger partial charge is 0.242 e. The molecule has 0 aromatic heterocycles. The highest BCUT2D eigenvalue weighted by Gasteiger charge is 2.26. The van der Waals surface area contributed by atoms with Gasteiger partial charge in [-0.2, -0.15) is 0 Å². The summed E-state index contributed by atoms with van der Waals surface area (Å²) in [7, 11) is 0. The zero-order valence-electron chi connectivity index (χ0n) is 13.3. The summed E-state index contributed by atoms with van der Waals surface area (Å²) in [4.78, 5) is 25.9. The number of hydrogen-bond donors (Lipinski definition) is 1. The first-order chi connectivity index (χ1) is 10.3. The van der Waals surface area contributed by atoms with Gasteiger partial charge in [-0.3, -0.25) is 9.59 Å². The third kappa shape index (κ3) is 4.89. The Bertz CT molecular complexity index is 527. The van der Waals surface area contributed by atoms with Gasteiger partial charge >= 0.3 is 0 Å². The number of carbonyl (C=O) groups is 2. The summed E-state index contributed by atoms with van der Waals surface area (Å²) in [5.41, 5.74) is 0.650. The van der Waals surface area contributed by atoms with Crippen LogP contribution in [0.4, 0.5) is 0 Å². The largest absolute Gasteiger partial charge is 0.352 e. The molecule has 1 N–H and O–H groups in total. The molecule has 0 saturated carbocycles. The average Bonchev–Trinajstić information content (AvgIpc) is 2.45. The van der Waals surface area contributed by atoms with Crippen LogP contribution < -0.4 is 5.32 Å². The van der Waals surface area contributed by atoms with Gasteiger partial charge in [-0.1, -0.05) is 36.2 Å². The van der Waals surface area contributed by atoms with Crippen molar-refractivity contribution in [3.8, 4) is 0 Å². The fourth-order valence-corrected chi connectivity index (χ4v) is 2.56. The van der Waals surface area contributed by atoms with Crippen LogP contribution in [0.15, 0.2) is 18.2 Å². The molecule has 0 aliphatic rings. The molecule has 4 nitrogen and oxygen atoms in total. The first-order valence-electron chi connectivity index (χ1n) is 7.30. The number of carbonyl (C=O) groups excluding carboxylic acids is 2. The van der Waals surface area contributed by atoms with Gasteiger partial charge in [-0.25, -0.2) is 0 Å². The Balaban J connectivity index is 3.04. The summed E-state index contributed by atoms with van der Waals surface area (Å²) >= 11 is 12.3. The minimum atomic E-state index is -0.595. The van der Waals surface area contributed by atoms with Crippen LogP contribution in [-0.4, -0.2) is 28.8 Å². The third-order valence-electron chi connectivity index (χ3n) is 3.29. The van der Waals surface area contributed by atoms with Crippen molar-refractivity contribution in [1.82, 2.24) is 10.2 Å². The van der Waals surface area contributed by atoms with E-state index in [2.05, 4.69) is 5.32 Å². The highest BCUT2D eigenvalue weighted by Crippen LogP contribution is 2.26. The summed E-state index contributed by atoms with van der Waals surface area (Å²) in [5, 5.41) is 3.79. The van der Waals surface area contributed by atoms with Crippen molar-refractivity contribution >= 4 is 35.0 Å². The number of amides is 2. The minimum Gasteiger partial charge on any atom is -0.352 e. The third-order valence-corrected chi connectivity index (χ3v) is 4.00. The van der Waals surface area contributed by atoms with Crippen LogP contribution in [0.5, 0.6) is 0 Å². The van der Waals surface area contributed by atoms with E-state index in [1.165, 1.54) is 4.90 Å². The minimum absolute atomic E-state index is 0.0115. The molecule has 0 heterocycles. The first kappa shape index (κ1) is 18.8. The van der Waals surface area contributed by atoms with Crippen molar-refractivity contribution in [2.45, 2.75) is 52.7 Å². The first-order valence-corrected chi connectivity index (χ1v) is 8.06. The van der Waals surface area contributed by atoms with Gasteiger partial charge in [-0.15, -0.1) is 0 Å². The van der Waals surface area contributed by atoms with Crippen molar-refractivity contribution < 1.29 is 9.59 Å². The lowest BCUT2D eigenvalue weighted by Gasteiger charge is -2.29.